The predicted molar refractivity (Wildman–Crippen MR) is 132 cm³/mol. The van der Waals surface area contributed by atoms with E-state index in [1.165, 1.54) is 18.1 Å². The molecule has 2 aliphatic heterocycles. The van der Waals surface area contributed by atoms with Crippen LogP contribution < -0.4 is 15.4 Å². The van der Waals surface area contributed by atoms with Gasteiger partial charge in [-0.15, -0.1) is 0 Å². The van der Waals surface area contributed by atoms with Gasteiger partial charge in [0, 0.05) is 42.5 Å². The molecule has 1 fully saturated rings. The number of ether oxygens (including phenoxy) is 1. The second-order valence-corrected chi connectivity index (χ2v) is 9.08. The minimum atomic E-state index is -0.269. The maximum Gasteiger partial charge on any atom is 0.288 e. The fourth-order valence-corrected chi connectivity index (χ4v) is 5.19. The molecule has 1 atom stereocenters. The van der Waals surface area contributed by atoms with Crippen molar-refractivity contribution < 1.29 is 9.13 Å². The summed E-state index contributed by atoms with van der Waals surface area (Å²) >= 11 is 0. The lowest BCUT2D eigenvalue weighted by atomic mass is 9.96. The van der Waals surface area contributed by atoms with Gasteiger partial charge in [-0.1, -0.05) is 29.8 Å². The highest BCUT2D eigenvalue weighted by atomic mass is 19.1. The molecule has 0 amide bonds. The second kappa shape index (κ2) is 8.67. The molecule has 0 unspecified atom stereocenters. The molecule has 2 N–H and O–H groups in total. The Labute approximate surface area is 202 Å². The number of nitrogens with one attached hydrogen (secondary N) is 2. The van der Waals surface area contributed by atoms with Crippen LogP contribution in [0, 0.1) is 19.3 Å². The fourth-order valence-electron chi connectivity index (χ4n) is 5.19. The summed E-state index contributed by atoms with van der Waals surface area (Å²) in [5, 5.41) is 6.81. The zero-order valence-corrected chi connectivity index (χ0v) is 19.4. The van der Waals surface area contributed by atoms with Gasteiger partial charge in [0.2, 0.25) is 11.6 Å². The molecule has 4 heterocycles. The van der Waals surface area contributed by atoms with Crippen LogP contribution in [0.25, 0.3) is 21.6 Å². The first-order chi connectivity index (χ1) is 17.1. The van der Waals surface area contributed by atoms with Crippen molar-refractivity contribution in [2.45, 2.75) is 38.8 Å². The Balaban J connectivity index is 1.36. The lowest BCUT2D eigenvalue weighted by Crippen LogP contribution is -2.13. The van der Waals surface area contributed by atoms with E-state index in [9.17, 15) is 4.39 Å². The van der Waals surface area contributed by atoms with Crippen molar-refractivity contribution >= 4 is 17.4 Å². The van der Waals surface area contributed by atoms with Crippen LogP contribution in [-0.4, -0.2) is 27.5 Å². The normalized spacial score (nSPS) is 16.8. The van der Waals surface area contributed by atoms with Crippen molar-refractivity contribution in [3.63, 3.8) is 0 Å². The van der Waals surface area contributed by atoms with E-state index in [-0.39, 0.29) is 18.2 Å². The summed E-state index contributed by atoms with van der Waals surface area (Å²) in [6, 6.07) is 10.0. The molecule has 7 nitrogen and oxygen atoms in total. The van der Waals surface area contributed by atoms with Crippen molar-refractivity contribution in [1.82, 2.24) is 19.7 Å². The molecular weight excluding hydrogens is 443 g/mol. The summed E-state index contributed by atoms with van der Waals surface area (Å²) in [4.78, 5) is 12.7. The van der Waals surface area contributed by atoms with Crippen LogP contribution in [0.4, 0.5) is 16.2 Å². The highest BCUT2D eigenvalue weighted by Gasteiger charge is 2.22. The number of imidazole rings is 1. The largest absolute Gasteiger partial charge is 0.493 e. The number of fused-ring (bicyclic) bond motifs is 2. The van der Waals surface area contributed by atoms with Crippen molar-refractivity contribution in [3.05, 3.63) is 82.2 Å². The van der Waals surface area contributed by atoms with Crippen molar-refractivity contribution in [3.8, 4) is 16.9 Å². The van der Waals surface area contributed by atoms with E-state index in [0.29, 0.717) is 36.2 Å². The van der Waals surface area contributed by atoms with E-state index in [4.69, 9.17) is 11.3 Å². The summed E-state index contributed by atoms with van der Waals surface area (Å²) in [5.41, 5.74) is 6.43. The van der Waals surface area contributed by atoms with Crippen molar-refractivity contribution in [1.29, 1.82) is 0 Å². The van der Waals surface area contributed by atoms with E-state index in [1.54, 1.807) is 22.9 Å². The lowest BCUT2D eigenvalue weighted by molar-refractivity contribution is 0.356. The predicted octanol–water partition coefficient (Wildman–Crippen LogP) is 5.37. The number of aromatic nitrogens is 3. The van der Waals surface area contributed by atoms with Gasteiger partial charge in [0.1, 0.15) is 11.6 Å². The monoisotopic (exact) mass is 468 g/mol. The Morgan fingerprint density at radius 3 is 3.00 bits per heavy atom. The summed E-state index contributed by atoms with van der Waals surface area (Å²) in [5.74, 6) is 1.26. The lowest BCUT2D eigenvalue weighted by Gasteiger charge is -2.15. The smallest absolute Gasteiger partial charge is 0.288 e. The van der Waals surface area contributed by atoms with E-state index in [1.807, 2.05) is 0 Å². The number of aryl methyl sites for hydroxylation is 1. The molecule has 1 saturated heterocycles. The third-order valence-corrected chi connectivity index (χ3v) is 6.96. The fraction of sp³-hybridized carbons (Fsp3) is 0.296. The van der Waals surface area contributed by atoms with Gasteiger partial charge in [0.15, 0.2) is 0 Å². The number of hydrogen-bond donors (Lipinski definition) is 2. The molecule has 35 heavy (non-hydrogen) atoms. The summed E-state index contributed by atoms with van der Waals surface area (Å²) in [6.07, 6.45) is 6.48. The molecule has 0 saturated carbocycles. The number of rotatable bonds is 5. The standard InChI is InChI=1S/C27H25FN6O/c1-16-12-17(23-4-3-10-30-23)5-6-18(16)21-14-32-27(34-15-25(29-2)33-26(21)34)31-13-20-19-9-11-35-24(19)8-7-22(20)28/h5-8,12,14-15,23,30H,3-4,9-11,13H2,1H3,(H,31,32)/t23-/m1/s1. The molecule has 0 radical (unpaired) electrons. The Kier molecular flexibility index (Phi) is 5.34. The Hall–Kier alpha value is -3.96. The molecule has 0 spiro atoms. The first-order valence-corrected chi connectivity index (χ1v) is 11.9. The van der Waals surface area contributed by atoms with Crippen LogP contribution >= 0.6 is 0 Å². The molecule has 176 valence electrons. The van der Waals surface area contributed by atoms with Gasteiger partial charge in [0.05, 0.1) is 12.2 Å². The number of benzene rings is 2. The summed E-state index contributed by atoms with van der Waals surface area (Å²) in [6.45, 7) is 11.4. The molecule has 6 rings (SSSR count). The zero-order chi connectivity index (χ0) is 23.9. The van der Waals surface area contributed by atoms with Crippen LogP contribution in [0.2, 0.25) is 0 Å². The van der Waals surface area contributed by atoms with Crippen molar-refractivity contribution in [2.24, 2.45) is 0 Å². The van der Waals surface area contributed by atoms with Crippen LogP contribution in [0.15, 0.2) is 42.7 Å². The van der Waals surface area contributed by atoms with Crippen LogP contribution in [0.5, 0.6) is 5.75 Å². The van der Waals surface area contributed by atoms with Crippen LogP contribution in [-0.2, 0) is 13.0 Å². The van der Waals surface area contributed by atoms with Gasteiger partial charge in [-0.3, -0.25) is 4.40 Å². The quantitative estimate of drug-likeness (QED) is 0.386. The van der Waals surface area contributed by atoms with Gasteiger partial charge in [-0.05, 0) is 55.1 Å². The van der Waals surface area contributed by atoms with Gasteiger partial charge >= 0.3 is 0 Å². The first kappa shape index (κ1) is 21.6. The minimum absolute atomic E-state index is 0.257. The molecule has 4 aromatic rings. The topological polar surface area (TPSA) is 67.8 Å². The van der Waals surface area contributed by atoms with E-state index >= 15 is 0 Å². The average Bonchev–Trinajstić information content (AvgIpc) is 3.64. The molecule has 2 aromatic heterocycles. The maximum absolute atomic E-state index is 14.6. The minimum Gasteiger partial charge on any atom is -0.493 e. The zero-order valence-electron chi connectivity index (χ0n) is 19.4. The van der Waals surface area contributed by atoms with Crippen LogP contribution in [0.1, 0.15) is 41.1 Å². The Morgan fingerprint density at radius 1 is 1.29 bits per heavy atom. The SMILES string of the molecule is [C-]#[N+]c1cn2c(NCc3c(F)ccc4c3CCO4)ncc(-c3ccc([C@H]4CCCN4)cc3C)c2n1. The maximum atomic E-state index is 14.6. The van der Waals surface area contributed by atoms with E-state index in [0.717, 1.165) is 41.0 Å². The molecule has 0 aliphatic carbocycles. The van der Waals surface area contributed by atoms with Gasteiger partial charge < -0.3 is 20.2 Å². The van der Waals surface area contributed by atoms with E-state index in [2.05, 4.69) is 50.6 Å². The highest BCUT2D eigenvalue weighted by Crippen LogP contribution is 2.34. The van der Waals surface area contributed by atoms with E-state index < -0.39 is 0 Å². The van der Waals surface area contributed by atoms with Gasteiger partial charge in [-0.2, -0.15) is 0 Å². The average molecular weight is 469 g/mol. The molecule has 8 heteroatoms. The summed E-state index contributed by atoms with van der Waals surface area (Å²) in [7, 11) is 0. The Morgan fingerprint density at radius 2 is 2.20 bits per heavy atom. The van der Waals surface area contributed by atoms with Crippen LogP contribution in [0.3, 0.4) is 0 Å². The summed E-state index contributed by atoms with van der Waals surface area (Å²) < 4.78 is 22.0. The molecule has 2 aliphatic rings. The Bertz CT molecular complexity index is 1480. The first-order valence-electron chi connectivity index (χ1n) is 11.9. The van der Waals surface area contributed by atoms with Gasteiger partial charge in [0.25, 0.3) is 5.82 Å². The molecule has 2 aromatic carbocycles. The molecular formula is C27H25FN6O. The second-order valence-electron chi connectivity index (χ2n) is 9.08. The number of hydrogen-bond acceptors (Lipinski definition) is 5. The number of nitrogens with zero attached hydrogens (tertiary/aromatic N) is 4. The molecule has 0 bridgehead atoms. The highest BCUT2D eigenvalue weighted by molar-refractivity contribution is 5.81. The third kappa shape index (κ3) is 3.78. The van der Waals surface area contributed by atoms with Gasteiger partial charge in [-0.25, -0.2) is 9.37 Å². The number of halogens is 1. The number of anilines is 1. The third-order valence-electron chi connectivity index (χ3n) is 6.96. The van der Waals surface area contributed by atoms with Crippen molar-refractivity contribution in [2.75, 3.05) is 18.5 Å².